The molecule has 0 aliphatic carbocycles. The molecule has 0 spiro atoms. The minimum atomic E-state index is -0.239. The van der Waals surface area contributed by atoms with Crippen LogP contribution in [0.3, 0.4) is 0 Å². The number of carbonyl (C=O) groups excluding carboxylic acids is 2. The molecule has 1 aliphatic rings. The predicted molar refractivity (Wildman–Crippen MR) is 69.2 cm³/mol. The maximum Gasteiger partial charge on any atom is 0.224 e. The summed E-state index contributed by atoms with van der Waals surface area (Å²) in [6.45, 7) is 10.5. The molecule has 0 aromatic carbocycles. The normalized spacial score (nSPS) is 16.6. The third-order valence-corrected chi connectivity index (χ3v) is 3.10. The van der Waals surface area contributed by atoms with E-state index in [0.717, 1.165) is 0 Å². The van der Waals surface area contributed by atoms with Crippen LogP contribution in [0.15, 0.2) is 0 Å². The van der Waals surface area contributed by atoms with Gasteiger partial charge in [0.15, 0.2) is 0 Å². The van der Waals surface area contributed by atoms with E-state index in [-0.39, 0.29) is 17.4 Å². The largest absolute Gasteiger partial charge is 0.378 e. The van der Waals surface area contributed by atoms with E-state index >= 15 is 0 Å². The van der Waals surface area contributed by atoms with Crippen LogP contribution in [0.25, 0.3) is 0 Å². The summed E-state index contributed by atoms with van der Waals surface area (Å²) in [4.78, 5) is 27.1. The van der Waals surface area contributed by atoms with Gasteiger partial charge in [0.2, 0.25) is 11.8 Å². The number of amides is 2. The van der Waals surface area contributed by atoms with Gasteiger partial charge in [0, 0.05) is 38.5 Å². The van der Waals surface area contributed by atoms with E-state index in [4.69, 9.17) is 4.74 Å². The highest BCUT2D eigenvalue weighted by atomic mass is 16.5. The van der Waals surface area contributed by atoms with Crippen molar-refractivity contribution in [2.75, 3.05) is 32.8 Å². The molecule has 0 radical (unpaired) electrons. The fraction of sp³-hybridized carbons (Fsp3) is 0.846. The van der Waals surface area contributed by atoms with E-state index < -0.39 is 0 Å². The number of carbonyl (C=O) groups is 2. The molecule has 0 saturated carbocycles. The van der Waals surface area contributed by atoms with Gasteiger partial charge >= 0.3 is 0 Å². The number of nitrogens with zero attached hydrogens (tertiary/aromatic N) is 2. The average molecular weight is 256 g/mol. The van der Waals surface area contributed by atoms with E-state index in [0.29, 0.717) is 39.3 Å². The van der Waals surface area contributed by atoms with Gasteiger partial charge in [0.1, 0.15) is 0 Å². The molecular weight excluding hydrogens is 232 g/mol. The van der Waals surface area contributed by atoms with Gasteiger partial charge in [-0.3, -0.25) is 9.59 Å². The van der Waals surface area contributed by atoms with Crippen LogP contribution in [0.1, 0.15) is 34.1 Å². The summed E-state index contributed by atoms with van der Waals surface area (Å²) < 4.78 is 5.21. The van der Waals surface area contributed by atoms with Gasteiger partial charge in [-0.2, -0.15) is 0 Å². The topological polar surface area (TPSA) is 49.9 Å². The van der Waals surface area contributed by atoms with Crippen LogP contribution in [0.4, 0.5) is 0 Å². The number of ether oxygens (including phenoxy) is 1. The van der Waals surface area contributed by atoms with Crippen molar-refractivity contribution in [3.8, 4) is 0 Å². The average Bonchev–Trinajstić information content (AvgIpc) is 2.28. The van der Waals surface area contributed by atoms with Gasteiger partial charge in [0.25, 0.3) is 0 Å². The molecule has 0 bridgehead atoms. The first-order chi connectivity index (χ1) is 8.32. The fourth-order valence-electron chi connectivity index (χ4n) is 2.14. The Labute approximate surface area is 109 Å². The zero-order chi connectivity index (χ0) is 13.8. The minimum absolute atomic E-state index is 0.0114. The molecule has 0 atom stereocenters. The smallest absolute Gasteiger partial charge is 0.224 e. The molecule has 104 valence electrons. The van der Waals surface area contributed by atoms with Crippen molar-refractivity contribution in [3.63, 3.8) is 0 Å². The van der Waals surface area contributed by atoms with Crippen molar-refractivity contribution >= 4 is 11.8 Å². The van der Waals surface area contributed by atoms with Gasteiger partial charge in [-0.25, -0.2) is 0 Å². The zero-order valence-corrected chi connectivity index (χ0v) is 11.9. The van der Waals surface area contributed by atoms with Gasteiger partial charge in [-0.1, -0.05) is 0 Å². The lowest BCUT2D eigenvalue weighted by molar-refractivity contribution is -0.138. The monoisotopic (exact) mass is 256 g/mol. The lowest BCUT2D eigenvalue weighted by Crippen LogP contribution is -2.47. The van der Waals surface area contributed by atoms with E-state index in [2.05, 4.69) is 0 Å². The third kappa shape index (κ3) is 4.29. The molecule has 0 aromatic heterocycles. The molecule has 5 nitrogen and oxygen atoms in total. The van der Waals surface area contributed by atoms with Crippen LogP contribution in [0.2, 0.25) is 0 Å². The van der Waals surface area contributed by atoms with Gasteiger partial charge < -0.3 is 14.5 Å². The Morgan fingerprint density at radius 3 is 2.22 bits per heavy atom. The molecule has 0 aromatic rings. The minimum Gasteiger partial charge on any atom is -0.378 e. The Morgan fingerprint density at radius 2 is 1.78 bits per heavy atom. The van der Waals surface area contributed by atoms with Crippen molar-refractivity contribution in [3.05, 3.63) is 0 Å². The first-order valence-corrected chi connectivity index (χ1v) is 6.46. The summed E-state index contributed by atoms with van der Waals surface area (Å²) in [5, 5.41) is 0. The van der Waals surface area contributed by atoms with Crippen molar-refractivity contribution in [1.82, 2.24) is 9.80 Å². The number of rotatable bonds is 3. The first kappa shape index (κ1) is 15.0. The Balaban J connectivity index is 2.46. The SMILES string of the molecule is CC(=O)N(CCC(=O)N1CCOCC1)C(C)(C)C. The molecule has 18 heavy (non-hydrogen) atoms. The Kier molecular flexibility index (Phi) is 5.14. The summed E-state index contributed by atoms with van der Waals surface area (Å²) in [6.07, 6.45) is 0.386. The molecule has 1 aliphatic heterocycles. The summed E-state index contributed by atoms with van der Waals surface area (Å²) in [6, 6.07) is 0. The van der Waals surface area contributed by atoms with Crippen LogP contribution in [-0.4, -0.2) is 60.0 Å². The molecule has 1 saturated heterocycles. The zero-order valence-electron chi connectivity index (χ0n) is 11.9. The lowest BCUT2D eigenvalue weighted by atomic mass is 10.1. The Hall–Kier alpha value is -1.10. The summed E-state index contributed by atoms with van der Waals surface area (Å²) in [7, 11) is 0. The molecule has 0 unspecified atom stereocenters. The number of hydrogen-bond acceptors (Lipinski definition) is 3. The maximum atomic E-state index is 12.0. The summed E-state index contributed by atoms with van der Waals surface area (Å²) >= 11 is 0. The highest BCUT2D eigenvalue weighted by Gasteiger charge is 2.25. The third-order valence-electron chi connectivity index (χ3n) is 3.10. The second kappa shape index (κ2) is 6.18. The maximum absolute atomic E-state index is 12.0. The van der Waals surface area contributed by atoms with E-state index in [9.17, 15) is 9.59 Å². The first-order valence-electron chi connectivity index (χ1n) is 6.46. The predicted octanol–water partition coefficient (Wildman–Crippen LogP) is 0.882. The van der Waals surface area contributed by atoms with Gasteiger partial charge in [0.05, 0.1) is 13.2 Å². The van der Waals surface area contributed by atoms with Gasteiger partial charge in [-0.15, -0.1) is 0 Å². The van der Waals surface area contributed by atoms with Crippen LogP contribution in [0.5, 0.6) is 0 Å². The summed E-state index contributed by atoms with van der Waals surface area (Å²) in [5.74, 6) is 0.117. The highest BCUT2D eigenvalue weighted by molar-refractivity contribution is 5.78. The quantitative estimate of drug-likeness (QED) is 0.753. The molecule has 2 amide bonds. The van der Waals surface area contributed by atoms with Crippen LogP contribution < -0.4 is 0 Å². The van der Waals surface area contributed by atoms with Crippen LogP contribution in [0, 0.1) is 0 Å². The molecule has 1 heterocycles. The molecule has 5 heteroatoms. The van der Waals surface area contributed by atoms with Crippen molar-refractivity contribution in [2.45, 2.75) is 39.7 Å². The fourth-order valence-corrected chi connectivity index (χ4v) is 2.14. The molecular formula is C13H24N2O3. The van der Waals surface area contributed by atoms with E-state index in [1.807, 2.05) is 25.7 Å². The Bertz CT molecular complexity index is 304. The number of hydrogen-bond donors (Lipinski definition) is 0. The van der Waals surface area contributed by atoms with E-state index in [1.54, 1.807) is 11.8 Å². The number of morpholine rings is 1. The van der Waals surface area contributed by atoms with Crippen LogP contribution >= 0.6 is 0 Å². The second-order valence-corrected chi connectivity index (χ2v) is 5.58. The van der Waals surface area contributed by atoms with E-state index in [1.165, 1.54) is 0 Å². The standard InChI is InChI=1S/C13H24N2O3/c1-11(16)15(13(2,3)4)6-5-12(17)14-7-9-18-10-8-14/h5-10H2,1-4H3. The summed E-state index contributed by atoms with van der Waals surface area (Å²) in [5.41, 5.74) is -0.239. The Morgan fingerprint density at radius 1 is 1.22 bits per heavy atom. The van der Waals surface area contributed by atoms with Crippen molar-refractivity contribution < 1.29 is 14.3 Å². The molecule has 0 N–H and O–H groups in total. The molecule has 1 fully saturated rings. The van der Waals surface area contributed by atoms with Crippen molar-refractivity contribution in [1.29, 1.82) is 0 Å². The van der Waals surface area contributed by atoms with Crippen LogP contribution in [-0.2, 0) is 14.3 Å². The van der Waals surface area contributed by atoms with Gasteiger partial charge in [-0.05, 0) is 20.8 Å². The van der Waals surface area contributed by atoms with Crippen molar-refractivity contribution in [2.24, 2.45) is 0 Å². The highest BCUT2D eigenvalue weighted by Crippen LogP contribution is 2.14. The molecule has 1 rings (SSSR count). The second-order valence-electron chi connectivity index (χ2n) is 5.58. The lowest BCUT2D eigenvalue weighted by Gasteiger charge is -2.35.